The molecule has 8 nitrogen and oxygen atoms in total. The number of oxazole rings is 2. The van der Waals surface area contributed by atoms with Crippen LogP contribution >= 0.6 is 0 Å². The Bertz CT molecular complexity index is 3390. The summed E-state index contributed by atoms with van der Waals surface area (Å²) in [7, 11) is 0. The van der Waals surface area contributed by atoms with Crippen LogP contribution in [0, 0.1) is 0 Å². The van der Waals surface area contributed by atoms with Gasteiger partial charge in [-0.25, -0.2) is 24.9 Å². The van der Waals surface area contributed by atoms with Crippen molar-refractivity contribution in [2.24, 2.45) is 0 Å². The van der Waals surface area contributed by atoms with E-state index in [1.165, 1.54) is 5.56 Å². The standard InChI is InChI=1S/C53H32N6O2/c1-2-11-33(12-3-1)38-13-10-14-40(31-38)59-45-18-7-4-15-41(45)42-32-39(29-30-46(42)59)51-57-49(34-21-25-36(26-22-34)52-54-43-16-5-8-19-47(43)60-52)56-50(58-51)35-23-27-37(28-24-35)53-55-44-17-6-9-20-48(44)61-53/h1-32H. The molecule has 0 fully saturated rings. The lowest BCUT2D eigenvalue weighted by atomic mass is 10.1. The van der Waals surface area contributed by atoms with Crippen LogP contribution in [0.25, 0.3) is 118 Å². The molecule has 0 aliphatic rings. The van der Waals surface area contributed by atoms with Gasteiger partial charge < -0.3 is 13.4 Å². The number of aromatic nitrogens is 6. The molecule has 4 aromatic heterocycles. The smallest absolute Gasteiger partial charge is 0.227 e. The Morgan fingerprint density at radius 2 is 0.803 bits per heavy atom. The Morgan fingerprint density at radius 1 is 0.311 bits per heavy atom. The van der Waals surface area contributed by atoms with E-state index in [-0.39, 0.29) is 0 Å². The second-order valence-electron chi connectivity index (χ2n) is 14.9. The van der Waals surface area contributed by atoms with Crippen LogP contribution in [0.4, 0.5) is 0 Å². The highest BCUT2D eigenvalue weighted by Crippen LogP contribution is 2.37. The zero-order chi connectivity index (χ0) is 40.3. The third-order valence-corrected chi connectivity index (χ3v) is 11.1. The van der Waals surface area contributed by atoms with Crippen LogP contribution in [0.1, 0.15) is 0 Å². The molecule has 8 heteroatoms. The highest BCUT2D eigenvalue weighted by Gasteiger charge is 2.18. The van der Waals surface area contributed by atoms with Gasteiger partial charge in [0.2, 0.25) is 11.8 Å². The van der Waals surface area contributed by atoms with Gasteiger partial charge in [-0.1, -0.05) is 109 Å². The number of hydrogen-bond acceptors (Lipinski definition) is 7. The summed E-state index contributed by atoms with van der Waals surface area (Å²) in [4.78, 5) is 24.7. The molecule has 0 atom stereocenters. The predicted molar refractivity (Wildman–Crippen MR) is 242 cm³/mol. The topological polar surface area (TPSA) is 95.7 Å². The lowest BCUT2D eigenvalue weighted by Gasteiger charge is -2.11. The van der Waals surface area contributed by atoms with Crippen molar-refractivity contribution in [2.45, 2.75) is 0 Å². The number of nitrogens with zero attached hydrogens (tertiary/aromatic N) is 6. The van der Waals surface area contributed by atoms with Crippen LogP contribution in [0.15, 0.2) is 203 Å². The monoisotopic (exact) mass is 784 g/mol. The van der Waals surface area contributed by atoms with Gasteiger partial charge in [0.15, 0.2) is 28.6 Å². The fourth-order valence-corrected chi connectivity index (χ4v) is 8.12. The molecule has 12 aromatic rings. The van der Waals surface area contributed by atoms with Gasteiger partial charge in [0.25, 0.3) is 0 Å². The minimum Gasteiger partial charge on any atom is -0.436 e. The molecule has 61 heavy (non-hydrogen) atoms. The number of rotatable bonds is 7. The summed E-state index contributed by atoms with van der Waals surface area (Å²) in [6.07, 6.45) is 0. The molecule has 4 heterocycles. The normalized spacial score (nSPS) is 11.6. The van der Waals surface area contributed by atoms with E-state index >= 15 is 0 Å². The van der Waals surface area contributed by atoms with Gasteiger partial charge in [0.1, 0.15) is 11.0 Å². The van der Waals surface area contributed by atoms with Crippen LogP contribution in [0.2, 0.25) is 0 Å². The Hall–Kier alpha value is -8.49. The molecule has 0 aliphatic carbocycles. The first-order valence-corrected chi connectivity index (χ1v) is 20.1. The van der Waals surface area contributed by atoms with Gasteiger partial charge in [0, 0.05) is 44.3 Å². The minimum absolute atomic E-state index is 0.549. The molecule has 286 valence electrons. The second-order valence-corrected chi connectivity index (χ2v) is 14.9. The predicted octanol–water partition coefficient (Wildman–Crippen LogP) is 13.3. The molecule has 0 saturated heterocycles. The molecular weight excluding hydrogens is 753 g/mol. The summed E-state index contributed by atoms with van der Waals surface area (Å²) in [5.74, 6) is 2.78. The van der Waals surface area contributed by atoms with Crippen LogP contribution < -0.4 is 0 Å². The molecule has 12 rings (SSSR count). The highest BCUT2D eigenvalue weighted by atomic mass is 16.4. The third-order valence-electron chi connectivity index (χ3n) is 11.1. The molecular formula is C53H32N6O2. The lowest BCUT2D eigenvalue weighted by molar-refractivity contribution is 0.619. The van der Waals surface area contributed by atoms with E-state index in [9.17, 15) is 0 Å². The van der Waals surface area contributed by atoms with E-state index in [2.05, 4.69) is 95.6 Å². The van der Waals surface area contributed by atoms with Gasteiger partial charge in [-0.3, -0.25) is 0 Å². The van der Waals surface area contributed by atoms with Crippen molar-refractivity contribution in [3.05, 3.63) is 194 Å². The Kier molecular flexibility index (Phi) is 7.99. The van der Waals surface area contributed by atoms with Crippen molar-refractivity contribution in [2.75, 3.05) is 0 Å². The van der Waals surface area contributed by atoms with Gasteiger partial charge in [0.05, 0.1) is 11.0 Å². The summed E-state index contributed by atoms with van der Waals surface area (Å²) in [6.45, 7) is 0. The van der Waals surface area contributed by atoms with Crippen molar-refractivity contribution >= 4 is 44.0 Å². The largest absolute Gasteiger partial charge is 0.436 e. The first-order valence-electron chi connectivity index (χ1n) is 20.1. The van der Waals surface area contributed by atoms with Gasteiger partial charge >= 0.3 is 0 Å². The molecule has 0 saturated carbocycles. The summed E-state index contributed by atoms with van der Waals surface area (Å²) >= 11 is 0. The molecule has 0 aliphatic heterocycles. The second kappa shape index (κ2) is 14.1. The van der Waals surface area contributed by atoms with E-state index < -0.39 is 0 Å². The summed E-state index contributed by atoms with van der Waals surface area (Å²) < 4.78 is 14.5. The van der Waals surface area contributed by atoms with E-state index in [0.717, 1.165) is 83.1 Å². The maximum Gasteiger partial charge on any atom is 0.227 e. The molecule has 8 aromatic carbocycles. The zero-order valence-electron chi connectivity index (χ0n) is 32.5. The molecule has 0 N–H and O–H groups in total. The molecule has 0 spiro atoms. The SMILES string of the molecule is c1ccc(-c2cccc(-n3c4ccccc4c4cc(-c5nc(-c6ccc(-c7nc8ccccc8o7)cc6)nc(-c6ccc(-c7nc8ccccc8o7)cc6)n5)ccc43)c2)cc1. The summed E-state index contributed by atoms with van der Waals surface area (Å²) in [6, 6.07) is 65.7. The summed E-state index contributed by atoms with van der Waals surface area (Å²) in [5, 5.41) is 2.25. The number of benzene rings is 8. The first kappa shape index (κ1) is 34.5. The van der Waals surface area contributed by atoms with Gasteiger partial charge in [-0.05, 0) is 96.1 Å². The van der Waals surface area contributed by atoms with E-state index in [0.29, 0.717) is 29.3 Å². The molecule has 0 bridgehead atoms. The maximum atomic E-state index is 6.07. The van der Waals surface area contributed by atoms with Crippen LogP contribution in [0.3, 0.4) is 0 Å². The van der Waals surface area contributed by atoms with Crippen molar-refractivity contribution in [3.8, 4) is 73.9 Å². The van der Waals surface area contributed by atoms with Crippen molar-refractivity contribution in [1.29, 1.82) is 0 Å². The quantitative estimate of drug-likeness (QED) is 0.159. The van der Waals surface area contributed by atoms with Crippen molar-refractivity contribution in [1.82, 2.24) is 29.5 Å². The van der Waals surface area contributed by atoms with E-state index in [1.54, 1.807) is 0 Å². The van der Waals surface area contributed by atoms with Crippen molar-refractivity contribution in [3.63, 3.8) is 0 Å². The van der Waals surface area contributed by atoms with E-state index in [4.69, 9.17) is 33.8 Å². The van der Waals surface area contributed by atoms with Gasteiger partial charge in [-0.2, -0.15) is 0 Å². The number of hydrogen-bond donors (Lipinski definition) is 0. The fourth-order valence-electron chi connectivity index (χ4n) is 8.12. The summed E-state index contributed by atoms with van der Waals surface area (Å²) in [5.41, 5.74) is 13.0. The van der Waals surface area contributed by atoms with E-state index in [1.807, 2.05) is 103 Å². The number of fused-ring (bicyclic) bond motifs is 5. The molecule has 0 amide bonds. The molecule has 0 radical (unpaired) electrons. The van der Waals surface area contributed by atoms with Crippen LogP contribution in [-0.4, -0.2) is 29.5 Å². The van der Waals surface area contributed by atoms with Gasteiger partial charge in [-0.15, -0.1) is 0 Å². The molecule has 0 unspecified atom stereocenters. The Balaban J connectivity index is 0.977. The first-order chi connectivity index (χ1) is 30.2. The lowest BCUT2D eigenvalue weighted by Crippen LogP contribution is -2.00. The van der Waals surface area contributed by atoms with Crippen LogP contribution in [-0.2, 0) is 0 Å². The zero-order valence-corrected chi connectivity index (χ0v) is 32.5. The van der Waals surface area contributed by atoms with Crippen molar-refractivity contribution < 1.29 is 8.83 Å². The number of para-hydroxylation sites is 5. The Morgan fingerprint density at radius 3 is 1.43 bits per heavy atom. The third kappa shape index (κ3) is 6.13. The highest BCUT2D eigenvalue weighted by molar-refractivity contribution is 6.10. The average molecular weight is 785 g/mol. The maximum absolute atomic E-state index is 6.07. The fraction of sp³-hybridized carbons (Fsp3) is 0. The average Bonchev–Trinajstić information content (AvgIpc) is 4.06. The Labute approximate surface area is 349 Å². The van der Waals surface area contributed by atoms with Crippen LogP contribution in [0.5, 0.6) is 0 Å². The minimum atomic E-state index is 0.549.